The van der Waals surface area contributed by atoms with Crippen molar-refractivity contribution in [1.82, 2.24) is 5.32 Å². The number of aryl methyl sites for hydroxylation is 1. The van der Waals surface area contributed by atoms with Crippen LogP contribution in [0.3, 0.4) is 0 Å². The minimum Gasteiger partial charge on any atom is -0.462 e. The van der Waals surface area contributed by atoms with E-state index in [1.165, 1.54) is 37.7 Å². The van der Waals surface area contributed by atoms with Gasteiger partial charge in [-0.15, -0.1) is 0 Å². The van der Waals surface area contributed by atoms with E-state index in [9.17, 15) is 0 Å². The van der Waals surface area contributed by atoms with Gasteiger partial charge in [-0.1, -0.05) is 39.0 Å². The lowest BCUT2D eigenvalue weighted by Crippen LogP contribution is -2.04. The maximum atomic E-state index is 5.73. The summed E-state index contributed by atoms with van der Waals surface area (Å²) in [6.45, 7) is 6.54. The fourth-order valence-electron chi connectivity index (χ4n) is 2.15. The van der Waals surface area contributed by atoms with Crippen molar-refractivity contribution in [2.45, 2.75) is 65.5 Å². The maximum Gasteiger partial charge on any atom is 0.130 e. The highest BCUT2D eigenvalue weighted by Crippen LogP contribution is 2.15. The number of rotatable bonds is 11. The van der Waals surface area contributed by atoms with Crippen LogP contribution in [0.2, 0.25) is 0 Å². The number of nitrogens with one attached hydrogen (secondary N) is 1. The predicted molar refractivity (Wildman–Crippen MR) is 79.2 cm³/mol. The SMILES string of the molecule is CCCCCCCCOCc1cc(C)c(CNC)o1. The summed E-state index contributed by atoms with van der Waals surface area (Å²) >= 11 is 0. The van der Waals surface area contributed by atoms with Gasteiger partial charge in [0.2, 0.25) is 0 Å². The first-order valence-electron chi connectivity index (χ1n) is 7.58. The van der Waals surface area contributed by atoms with Crippen LogP contribution >= 0.6 is 0 Å². The topological polar surface area (TPSA) is 34.4 Å². The molecular formula is C16H29NO2. The lowest BCUT2D eigenvalue weighted by Gasteiger charge is -2.02. The number of ether oxygens (including phenoxy) is 1. The zero-order valence-electron chi connectivity index (χ0n) is 12.8. The molecule has 0 aliphatic heterocycles. The molecule has 0 atom stereocenters. The van der Waals surface area contributed by atoms with Gasteiger partial charge in [0.1, 0.15) is 18.1 Å². The molecule has 1 aromatic rings. The van der Waals surface area contributed by atoms with Crippen molar-refractivity contribution in [2.75, 3.05) is 13.7 Å². The highest BCUT2D eigenvalue weighted by atomic mass is 16.5. The third kappa shape index (κ3) is 6.79. The number of hydrogen-bond acceptors (Lipinski definition) is 3. The van der Waals surface area contributed by atoms with Gasteiger partial charge in [0.05, 0.1) is 6.54 Å². The van der Waals surface area contributed by atoms with Crippen molar-refractivity contribution in [3.8, 4) is 0 Å². The maximum absolute atomic E-state index is 5.73. The Bertz CT molecular complexity index is 333. The van der Waals surface area contributed by atoms with Crippen molar-refractivity contribution in [2.24, 2.45) is 0 Å². The monoisotopic (exact) mass is 267 g/mol. The molecule has 0 amide bonds. The first-order valence-corrected chi connectivity index (χ1v) is 7.58. The van der Waals surface area contributed by atoms with Gasteiger partial charge >= 0.3 is 0 Å². The summed E-state index contributed by atoms with van der Waals surface area (Å²) < 4.78 is 11.4. The Morgan fingerprint density at radius 2 is 1.89 bits per heavy atom. The molecule has 0 unspecified atom stereocenters. The largest absolute Gasteiger partial charge is 0.462 e. The minimum absolute atomic E-state index is 0.597. The average molecular weight is 267 g/mol. The van der Waals surface area contributed by atoms with E-state index < -0.39 is 0 Å². The second-order valence-electron chi connectivity index (χ2n) is 5.17. The van der Waals surface area contributed by atoms with Gasteiger partial charge in [0.25, 0.3) is 0 Å². The highest BCUT2D eigenvalue weighted by Gasteiger charge is 2.06. The minimum atomic E-state index is 0.597. The van der Waals surface area contributed by atoms with Crippen LogP contribution in [-0.2, 0) is 17.9 Å². The second-order valence-corrected chi connectivity index (χ2v) is 5.17. The van der Waals surface area contributed by atoms with Gasteiger partial charge in [-0.25, -0.2) is 0 Å². The summed E-state index contributed by atoms with van der Waals surface area (Å²) in [5, 5.41) is 3.10. The first kappa shape index (κ1) is 16.3. The number of furan rings is 1. The quantitative estimate of drug-likeness (QED) is 0.611. The van der Waals surface area contributed by atoms with Crippen LogP contribution in [0.1, 0.15) is 62.5 Å². The van der Waals surface area contributed by atoms with E-state index in [2.05, 4.69) is 25.2 Å². The zero-order chi connectivity index (χ0) is 13.9. The Morgan fingerprint density at radius 3 is 2.63 bits per heavy atom. The molecule has 0 aromatic carbocycles. The Labute approximate surface area is 117 Å². The van der Waals surface area contributed by atoms with Crippen LogP contribution in [0.15, 0.2) is 10.5 Å². The predicted octanol–water partition coefficient (Wildman–Crippen LogP) is 4.18. The molecule has 3 nitrogen and oxygen atoms in total. The molecule has 1 N–H and O–H groups in total. The summed E-state index contributed by atoms with van der Waals surface area (Å²) in [5.74, 6) is 1.95. The van der Waals surface area contributed by atoms with Gasteiger partial charge in [0, 0.05) is 6.61 Å². The van der Waals surface area contributed by atoms with Crippen LogP contribution in [0.4, 0.5) is 0 Å². The summed E-state index contributed by atoms with van der Waals surface area (Å²) in [6, 6.07) is 2.08. The summed E-state index contributed by atoms with van der Waals surface area (Å²) in [7, 11) is 1.93. The van der Waals surface area contributed by atoms with E-state index in [0.29, 0.717) is 6.61 Å². The molecule has 19 heavy (non-hydrogen) atoms. The molecule has 0 fully saturated rings. The second kappa shape index (κ2) is 10.0. The summed E-state index contributed by atoms with van der Waals surface area (Å²) in [6.07, 6.45) is 7.81. The van der Waals surface area contributed by atoms with E-state index in [1.54, 1.807) is 0 Å². The van der Waals surface area contributed by atoms with Crippen LogP contribution < -0.4 is 5.32 Å². The van der Waals surface area contributed by atoms with E-state index >= 15 is 0 Å². The lowest BCUT2D eigenvalue weighted by molar-refractivity contribution is 0.101. The Kier molecular flexibility index (Phi) is 8.59. The van der Waals surface area contributed by atoms with Gasteiger partial charge in [-0.05, 0) is 32.0 Å². The van der Waals surface area contributed by atoms with E-state index in [-0.39, 0.29) is 0 Å². The molecule has 0 radical (unpaired) electrons. The van der Waals surface area contributed by atoms with Gasteiger partial charge in [-0.2, -0.15) is 0 Å². The normalized spacial score (nSPS) is 11.1. The molecular weight excluding hydrogens is 238 g/mol. The molecule has 0 saturated heterocycles. The van der Waals surface area contributed by atoms with Crippen molar-refractivity contribution in [3.05, 3.63) is 23.2 Å². The molecule has 0 aliphatic rings. The van der Waals surface area contributed by atoms with Crippen molar-refractivity contribution in [3.63, 3.8) is 0 Å². The van der Waals surface area contributed by atoms with Gasteiger partial charge < -0.3 is 14.5 Å². The molecule has 1 heterocycles. The fraction of sp³-hybridized carbons (Fsp3) is 0.750. The highest BCUT2D eigenvalue weighted by molar-refractivity contribution is 5.19. The molecule has 0 bridgehead atoms. The van der Waals surface area contributed by atoms with Crippen molar-refractivity contribution in [1.29, 1.82) is 0 Å². The molecule has 3 heteroatoms. The zero-order valence-corrected chi connectivity index (χ0v) is 12.8. The molecule has 110 valence electrons. The molecule has 0 spiro atoms. The molecule has 1 aromatic heterocycles. The Morgan fingerprint density at radius 1 is 1.16 bits per heavy atom. The smallest absolute Gasteiger partial charge is 0.130 e. The van der Waals surface area contributed by atoms with Crippen LogP contribution in [0.5, 0.6) is 0 Å². The average Bonchev–Trinajstić information content (AvgIpc) is 2.74. The van der Waals surface area contributed by atoms with Gasteiger partial charge in [-0.3, -0.25) is 0 Å². The van der Waals surface area contributed by atoms with Crippen molar-refractivity contribution < 1.29 is 9.15 Å². The number of unbranched alkanes of at least 4 members (excludes halogenated alkanes) is 5. The number of hydrogen-bond donors (Lipinski definition) is 1. The van der Waals surface area contributed by atoms with Crippen LogP contribution in [0.25, 0.3) is 0 Å². The van der Waals surface area contributed by atoms with Gasteiger partial charge in [0.15, 0.2) is 0 Å². The van der Waals surface area contributed by atoms with E-state index in [4.69, 9.17) is 9.15 Å². The van der Waals surface area contributed by atoms with E-state index in [1.807, 2.05) is 7.05 Å². The third-order valence-electron chi connectivity index (χ3n) is 3.30. The fourth-order valence-corrected chi connectivity index (χ4v) is 2.15. The summed E-state index contributed by atoms with van der Waals surface area (Å²) in [4.78, 5) is 0. The summed E-state index contributed by atoms with van der Waals surface area (Å²) in [5.41, 5.74) is 1.20. The molecule has 0 saturated carbocycles. The molecule has 0 aliphatic carbocycles. The standard InChI is InChI=1S/C16H29NO2/c1-4-5-6-7-8-9-10-18-13-15-11-14(2)16(19-15)12-17-3/h11,17H,4-10,12-13H2,1-3H3. The van der Waals surface area contributed by atoms with Crippen LogP contribution in [0, 0.1) is 6.92 Å². The molecule has 1 rings (SSSR count). The first-order chi connectivity index (χ1) is 9.27. The van der Waals surface area contributed by atoms with E-state index in [0.717, 1.165) is 31.1 Å². The Hall–Kier alpha value is -0.800. The third-order valence-corrected chi connectivity index (χ3v) is 3.30. The van der Waals surface area contributed by atoms with Crippen molar-refractivity contribution >= 4 is 0 Å². The Balaban J connectivity index is 2.07. The lowest BCUT2D eigenvalue weighted by atomic mass is 10.1. The van der Waals surface area contributed by atoms with Crippen LogP contribution in [-0.4, -0.2) is 13.7 Å².